The molecule has 2 N–H and O–H groups in total. The molecule has 4 nitrogen and oxygen atoms in total. The van der Waals surface area contributed by atoms with Crippen LogP contribution >= 0.6 is 0 Å². The normalized spacial score (nSPS) is 16.9. The van der Waals surface area contributed by atoms with Gasteiger partial charge in [0.15, 0.2) is 0 Å². The van der Waals surface area contributed by atoms with Crippen LogP contribution in [-0.2, 0) is 16.4 Å². The van der Waals surface area contributed by atoms with E-state index in [0.717, 1.165) is 24.9 Å². The minimum absolute atomic E-state index is 0.387. The zero-order valence-corrected chi connectivity index (χ0v) is 13.7. The number of nitrogens with one attached hydrogen (secondary N) is 2. The maximum Gasteiger partial charge on any atom is 0.240 e. The van der Waals surface area contributed by atoms with Crippen molar-refractivity contribution < 1.29 is 8.42 Å². The first-order valence-electron chi connectivity index (χ1n) is 7.89. The highest BCUT2D eigenvalue weighted by Crippen LogP contribution is 2.34. The molecule has 1 atom stereocenters. The highest BCUT2D eigenvalue weighted by atomic mass is 32.2. The van der Waals surface area contributed by atoms with Crippen LogP contribution in [0.25, 0.3) is 0 Å². The Morgan fingerprint density at radius 2 is 1.95 bits per heavy atom. The largest absolute Gasteiger partial charge is 0.314 e. The molecule has 0 aromatic heterocycles. The lowest BCUT2D eigenvalue weighted by Gasteiger charge is -2.19. The third-order valence-corrected chi connectivity index (χ3v) is 5.46. The van der Waals surface area contributed by atoms with E-state index in [-0.39, 0.29) is 0 Å². The van der Waals surface area contributed by atoms with Gasteiger partial charge >= 0.3 is 0 Å². The van der Waals surface area contributed by atoms with Crippen molar-refractivity contribution >= 4 is 10.0 Å². The SMILES string of the molecule is CCCNS(=O)(=O)c1ccccc1CC(NCC)C1CC1. The molecule has 1 unspecified atom stereocenters. The molecule has 1 saturated carbocycles. The third-order valence-electron chi connectivity index (χ3n) is 3.90. The molecule has 0 amide bonds. The minimum atomic E-state index is -3.40. The van der Waals surface area contributed by atoms with Gasteiger partial charge in [0.25, 0.3) is 0 Å². The van der Waals surface area contributed by atoms with Crippen molar-refractivity contribution in [2.24, 2.45) is 5.92 Å². The fourth-order valence-electron chi connectivity index (χ4n) is 2.65. The fourth-order valence-corrected chi connectivity index (χ4v) is 4.03. The van der Waals surface area contributed by atoms with E-state index in [1.54, 1.807) is 12.1 Å². The summed E-state index contributed by atoms with van der Waals surface area (Å²) in [6.45, 7) is 5.46. The van der Waals surface area contributed by atoms with Crippen molar-refractivity contribution in [1.82, 2.24) is 10.0 Å². The Balaban J connectivity index is 2.19. The number of benzene rings is 1. The van der Waals surface area contributed by atoms with Crippen LogP contribution in [0.2, 0.25) is 0 Å². The van der Waals surface area contributed by atoms with Gasteiger partial charge in [-0.05, 0) is 49.8 Å². The topological polar surface area (TPSA) is 58.2 Å². The molecule has 118 valence electrons. The van der Waals surface area contributed by atoms with E-state index >= 15 is 0 Å². The van der Waals surface area contributed by atoms with Gasteiger partial charge in [-0.1, -0.05) is 32.0 Å². The van der Waals surface area contributed by atoms with E-state index in [0.29, 0.717) is 23.4 Å². The van der Waals surface area contributed by atoms with Crippen LogP contribution < -0.4 is 10.0 Å². The van der Waals surface area contributed by atoms with Crippen molar-refractivity contribution in [2.75, 3.05) is 13.1 Å². The Labute approximate surface area is 128 Å². The van der Waals surface area contributed by atoms with E-state index in [1.807, 2.05) is 19.1 Å². The second-order valence-corrected chi connectivity index (χ2v) is 7.45. The number of hydrogen-bond acceptors (Lipinski definition) is 3. The predicted octanol–water partition coefficient (Wildman–Crippen LogP) is 2.31. The number of likely N-dealkylation sites (N-methyl/N-ethyl adjacent to an activating group) is 1. The maximum absolute atomic E-state index is 12.4. The molecule has 0 bridgehead atoms. The van der Waals surface area contributed by atoms with Crippen molar-refractivity contribution in [2.45, 2.75) is 50.5 Å². The summed E-state index contributed by atoms with van der Waals surface area (Å²) in [4.78, 5) is 0.432. The smallest absolute Gasteiger partial charge is 0.240 e. The summed E-state index contributed by atoms with van der Waals surface area (Å²) in [6.07, 6.45) is 4.08. The summed E-state index contributed by atoms with van der Waals surface area (Å²) in [5.41, 5.74) is 0.916. The second kappa shape index (κ2) is 7.38. The summed E-state index contributed by atoms with van der Waals surface area (Å²) in [7, 11) is -3.40. The molecule has 0 spiro atoms. The first-order valence-corrected chi connectivity index (χ1v) is 9.37. The van der Waals surface area contributed by atoms with Crippen LogP contribution in [0.4, 0.5) is 0 Å². The first-order chi connectivity index (χ1) is 10.1. The van der Waals surface area contributed by atoms with Gasteiger partial charge < -0.3 is 5.32 Å². The van der Waals surface area contributed by atoms with Gasteiger partial charge in [0.05, 0.1) is 4.90 Å². The van der Waals surface area contributed by atoms with Crippen molar-refractivity contribution in [3.05, 3.63) is 29.8 Å². The van der Waals surface area contributed by atoms with Crippen LogP contribution in [0, 0.1) is 5.92 Å². The summed E-state index contributed by atoms with van der Waals surface area (Å²) < 4.78 is 27.5. The lowest BCUT2D eigenvalue weighted by atomic mass is 10.0. The van der Waals surface area contributed by atoms with E-state index in [1.165, 1.54) is 12.8 Å². The molecule has 5 heteroatoms. The fraction of sp³-hybridized carbons (Fsp3) is 0.625. The second-order valence-electron chi connectivity index (χ2n) is 5.71. The van der Waals surface area contributed by atoms with Gasteiger partial charge in [-0.2, -0.15) is 0 Å². The van der Waals surface area contributed by atoms with Crippen LogP contribution in [-0.4, -0.2) is 27.5 Å². The summed E-state index contributed by atoms with van der Waals surface area (Å²) in [6, 6.07) is 7.75. The average molecular weight is 310 g/mol. The molecule has 0 aliphatic heterocycles. The summed E-state index contributed by atoms with van der Waals surface area (Å²) in [5.74, 6) is 0.698. The van der Waals surface area contributed by atoms with Crippen LogP contribution in [0.15, 0.2) is 29.2 Å². The Bertz CT molecular complexity index is 553. The van der Waals surface area contributed by atoms with Crippen molar-refractivity contribution in [1.29, 1.82) is 0 Å². The molecule has 0 saturated heterocycles. The molecule has 0 heterocycles. The number of hydrogen-bond donors (Lipinski definition) is 2. The minimum Gasteiger partial charge on any atom is -0.314 e. The Kier molecular flexibility index (Phi) is 5.79. The molecule has 2 rings (SSSR count). The number of rotatable bonds is 9. The van der Waals surface area contributed by atoms with Crippen molar-refractivity contribution in [3.63, 3.8) is 0 Å². The van der Waals surface area contributed by atoms with E-state index < -0.39 is 10.0 Å². The molecule has 21 heavy (non-hydrogen) atoms. The van der Waals surface area contributed by atoms with Gasteiger partial charge in [0, 0.05) is 12.6 Å². The van der Waals surface area contributed by atoms with Crippen LogP contribution in [0.3, 0.4) is 0 Å². The molecule has 1 aliphatic carbocycles. The molecular formula is C16H26N2O2S. The van der Waals surface area contributed by atoms with Gasteiger partial charge in [-0.15, -0.1) is 0 Å². The molecule has 1 aromatic rings. The molecule has 1 fully saturated rings. The van der Waals surface area contributed by atoms with Gasteiger partial charge in [-0.25, -0.2) is 13.1 Å². The lowest BCUT2D eigenvalue weighted by Crippen LogP contribution is -2.34. The van der Waals surface area contributed by atoms with E-state index in [2.05, 4.69) is 17.0 Å². The highest BCUT2D eigenvalue weighted by Gasteiger charge is 2.31. The lowest BCUT2D eigenvalue weighted by molar-refractivity contribution is 0.469. The summed E-state index contributed by atoms with van der Waals surface area (Å²) >= 11 is 0. The van der Waals surface area contributed by atoms with E-state index in [9.17, 15) is 8.42 Å². The van der Waals surface area contributed by atoms with Gasteiger partial charge in [-0.3, -0.25) is 0 Å². The number of sulfonamides is 1. The summed E-state index contributed by atoms with van der Waals surface area (Å²) in [5, 5.41) is 3.50. The molecule has 1 aromatic carbocycles. The van der Waals surface area contributed by atoms with Crippen LogP contribution in [0.1, 0.15) is 38.7 Å². The van der Waals surface area contributed by atoms with Gasteiger partial charge in [0.2, 0.25) is 10.0 Å². The Morgan fingerprint density at radius 1 is 1.24 bits per heavy atom. The zero-order valence-electron chi connectivity index (χ0n) is 12.9. The van der Waals surface area contributed by atoms with Gasteiger partial charge in [0.1, 0.15) is 0 Å². The zero-order chi connectivity index (χ0) is 15.3. The first kappa shape index (κ1) is 16.5. The van der Waals surface area contributed by atoms with Crippen LogP contribution in [0.5, 0.6) is 0 Å². The third kappa shape index (κ3) is 4.53. The molecule has 0 radical (unpaired) electrons. The Hall–Kier alpha value is -0.910. The molecular weight excluding hydrogens is 284 g/mol. The monoisotopic (exact) mass is 310 g/mol. The van der Waals surface area contributed by atoms with E-state index in [4.69, 9.17) is 0 Å². The maximum atomic E-state index is 12.4. The van der Waals surface area contributed by atoms with Crippen molar-refractivity contribution in [3.8, 4) is 0 Å². The standard InChI is InChI=1S/C16H26N2O2S/c1-3-11-18-21(19,20)16-8-6-5-7-14(16)12-15(17-4-2)13-9-10-13/h5-8,13,15,17-18H,3-4,9-12H2,1-2H3. The quantitative estimate of drug-likeness (QED) is 0.736. The highest BCUT2D eigenvalue weighted by molar-refractivity contribution is 7.89. The average Bonchev–Trinajstić information content (AvgIpc) is 3.30. The Morgan fingerprint density at radius 3 is 2.57 bits per heavy atom. The molecule has 1 aliphatic rings. The predicted molar refractivity (Wildman–Crippen MR) is 85.8 cm³/mol.